The van der Waals surface area contributed by atoms with Crippen LogP contribution >= 0.6 is 0 Å². The fraction of sp³-hybridized carbons (Fsp3) is 0.409. The predicted octanol–water partition coefficient (Wildman–Crippen LogP) is 5.67. The Morgan fingerprint density at radius 3 is 2.17 bits per heavy atom. The average Bonchev–Trinajstić information content (AvgIpc) is 2.51. The van der Waals surface area contributed by atoms with Crippen molar-refractivity contribution in [3.63, 3.8) is 0 Å². The van der Waals surface area contributed by atoms with Gasteiger partial charge in [-0.2, -0.15) is 0 Å². The van der Waals surface area contributed by atoms with E-state index >= 15 is 0 Å². The number of carbonyl (C=O) groups excluding carboxylic acids is 1. The number of hydrogen-bond donors (Lipinski definition) is 0. The van der Waals surface area contributed by atoms with E-state index in [1.165, 1.54) is 11.1 Å². The highest BCUT2D eigenvalue weighted by Crippen LogP contribution is 2.29. The second-order valence-electron chi connectivity index (χ2n) is 8.35. The maximum atomic E-state index is 11.2. The number of carbonyl (C=O) groups is 1. The van der Waals surface area contributed by atoms with Crippen molar-refractivity contribution < 1.29 is 9.53 Å². The Hall–Kier alpha value is -2.09. The summed E-state index contributed by atoms with van der Waals surface area (Å²) in [5, 5.41) is 0. The summed E-state index contributed by atoms with van der Waals surface area (Å²) in [5.74, 6) is 0.744. The van der Waals surface area contributed by atoms with E-state index in [-0.39, 0.29) is 10.8 Å². The lowest BCUT2D eigenvalue weighted by Gasteiger charge is -2.23. The zero-order valence-electron chi connectivity index (χ0n) is 15.6. The molecule has 24 heavy (non-hydrogen) atoms. The quantitative estimate of drug-likeness (QED) is 0.677. The fourth-order valence-corrected chi connectivity index (χ4v) is 2.75. The van der Waals surface area contributed by atoms with E-state index in [1.807, 2.05) is 24.3 Å². The van der Waals surface area contributed by atoms with Crippen molar-refractivity contribution in [2.75, 3.05) is 0 Å². The molecule has 2 rings (SSSR count). The average molecular weight is 324 g/mol. The molecule has 0 saturated heterocycles. The summed E-state index contributed by atoms with van der Waals surface area (Å²) < 4.78 is 6.05. The molecule has 0 aliphatic rings. The van der Waals surface area contributed by atoms with Crippen LogP contribution in [-0.4, -0.2) is 6.29 Å². The Labute approximate surface area is 145 Å². The van der Waals surface area contributed by atoms with Gasteiger partial charge in [0.2, 0.25) is 0 Å². The van der Waals surface area contributed by atoms with Gasteiger partial charge < -0.3 is 4.74 Å². The van der Waals surface area contributed by atoms with Crippen molar-refractivity contribution in [2.45, 2.75) is 59.0 Å². The minimum Gasteiger partial charge on any atom is -0.489 e. The molecule has 2 aromatic rings. The van der Waals surface area contributed by atoms with Crippen LogP contribution in [0.3, 0.4) is 0 Å². The van der Waals surface area contributed by atoms with Gasteiger partial charge in [-0.25, -0.2) is 0 Å². The zero-order valence-corrected chi connectivity index (χ0v) is 15.6. The second-order valence-corrected chi connectivity index (χ2v) is 8.35. The van der Waals surface area contributed by atoms with E-state index in [9.17, 15) is 4.79 Å². The molecule has 0 N–H and O–H groups in total. The third-order valence-corrected chi connectivity index (χ3v) is 4.15. The fourth-order valence-electron chi connectivity index (χ4n) is 2.75. The lowest BCUT2D eigenvalue weighted by atomic mass is 9.84. The zero-order chi connectivity index (χ0) is 18.0. The van der Waals surface area contributed by atoms with Crippen molar-refractivity contribution in [3.8, 4) is 5.75 Å². The smallest absolute Gasteiger partial charge is 0.150 e. The largest absolute Gasteiger partial charge is 0.489 e. The summed E-state index contributed by atoms with van der Waals surface area (Å²) in [6.07, 6.45) is 0.880. The van der Waals surface area contributed by atoms with Gasteiger partial charge in [0.15, 0.2) is 0 Å². The van der Waals surface area contributed by atoms with E-state index in [2.05, 4.69) is 59.7 Å². The summed E-state index contributed by atoms with van der Waals surface area (Å²) in [7, 11) is 0. The van der Waals surface area contributed by atoms with Crippen LogP contribution in [0.1, 0.15) is 68.6 Å². The third kappa shape index (κ3) is 4.47. The van der Waals surface area contributed by atoms with Crippen LogP contribution in [0.25, 0.3) is 0 Å². The van der Waals surface area contributed by atoms with Crippen LogP contribution in [0.4, 0.5) is 0 Å². The Morgan fingerprint density at radius 1 is 0.917 bits per heavy atom. The first-order chi connectivity index (χ1) is 11.1. The second kappa shape index (κ2) is 6.80. The van der Waals surface area contributed by atoms with Gasteiger partial charge in [-0.1, -0.05) is 65.8 Å². The number of benzene rings is 2. The van der Waals surface area contributed by atoms with E-state index in [4.69, 9.17) is 4.74 Å². The molecule has 0 atom stereocenters. The molecule has 0 radical (unpaired) electrons. The van der Waals surface area contributed by atoms with Crippen molar-refractivity contribution in [2.24, 2.45) is 0 Å². The normalized spacial score (nSPS) is 12.1. The minimum atomic E-state index is -0.0273. The maximum Gasteiger partial charge on any atom is 0.150 e. The molecule has 0 heterocycles. The van der Waals surface area contributed by atoms with Crippen molar-refractivity contribution >= 4 is 6.29 Å². The van der Waals surface area contributed by atoms with Gasteiger partial charge in [0.05, 0.1) is 0 Å². The molecule has 0 aliphatic heterocycles. The number of rotatable bonds is 4. The van der Waals surface area contributed by atoms with E-state index < -0.39 is 0 Å². The Morgan fingerprint density at radius 2 is 1.58 bits per heavy atom. The van der Waals surface area contributed by atoms with Gasteiger partial charge in [-0.15, -0.1) is 0 Å². The molecule has 0 bridgehead atoms. The van der Waals surface area contributed by atoms with Crippen molar-refractivity contribution in [1.29, 1.82) is 0 Å². The number of aldehydes is 1. The van der Waals surface area contributed by atoms with Gasteiger partial charge in [0.1, 0.15) is 18.6 Å². The standard InChI is InChI=1S/C22H28O2/c1-21(2,3)18-11-16(14-23)12-19(13-18)24-15-17-9-7-8-10-20(17)22(4,5)6/h7-14H,15H2,1-6H3. The van der Waals surface area contributed by atoms with Crippen LogP contribution in [-0.2, 0) is 17.4 Å². The predicted molar refractivity (Wildman–Crippen MR) is 100 cm³/mol. The molecule has 0 amide bonds. The first-order valence-electron chi connectivity index (χ1n) is 8.43. The summed E-state index contributed by atoms with van der Waals surface area (Å²) in [4.78, 5) is 11.2. The van der Waals surface area contributed by atoms with Crippen molar-refractivity contribution in [1.82, 2.24) is 0 Å². The lowest BCUT2D eigenvalue weighted by molar-refractivity contribution is 0.112. The highest BCUT2D eigenvalue weighted by Gasteiger charge is 2.18. The SMILES string of the molecule is CC(C)(C)c1cc(C=O)cc(OCc2ccccc2C(C)(C)C)c1. The van der Waals surface area contributed by atoms with Crippen LogP contribution in [0.2, 0.25) is 0 Å². The van der Waals surface area contributed by atoms with Gasteiger partial charge in [0.25, 0.3) is 0 Å². The first-order valence-corrected chi connectivity index (χ1v) is 8.43. The summed E-state index contributed by atoms with van der Waals surface area (Å²) in [6.45, 7) is 13.5. The monoisotopic (exact) mass is 324 g/mol. The van der Waals surface area contributed by atoms with Gasteiger partial charge in [-0.3, -0.25) is 4.79 Å². The molecule has 128 valence electrons. The van der Waals surface area contributed by atoms with Gasteiger partial charge in [0, 0.05) is 5.56 Å². The molecule has 0 saturated carbocycles. The van der Waals surface area contributed by atoms with E-state index in [0.717, 1.165) is 17.6 Å². The van der Waals surface area contributed by atoms with Crippen LogP contribution < -0.4 is 4.74 Å². The molecule has 2 aromatic carbocycles. The lowest BCUT2D eigenvalue weighted by Crippen LogP contribution is -2.15. The minimum absolute atomic E-state index is 0.0273. The summed E-state index contributed by atoms with van der Waals surface area (Å²) in [5.41, 5.74) is 4.26. The third-order valence-electron chi connectivity index (χ3n) is 4.15. The molecule has 2 heteroatoms. The molecule has 0 aromatic heterocycles. The maximum absolute atomic E-state index is 11.2. The molecular weight excluding hydrogens is 296 g/mol. The highest BCUT2D eigenvalue weighted by atomic mass is 16.5. The molecule has 2 nitrogen and oxygen atoms in total. The highest BCUT2D eigenvalue weighted by molar-refractivity contribution is 5.76. The van der Waals surface area contributed by atoms with Gasteiger partial charge in [-0.05, 0) is 45.7 Å². The Bertz CT molecular complexity index is 715. The summed E-state index contributed by atoms with van der Waals surface area (Å²) in [6, 6.07) is 14.1. The van der Waals surface area contributed by atoms with E-state index in [0.29, 0.717) is 12.2 Å². The summed E-state index contributed by atoms with van der Waals surface area (Å²) >= 11 is 0. The van der Waals surface area contributed by atoms with Gasteiger partial charge >= 0.3 is 0 Å². The number of hydrogen-bond acceptors (Lipinski definition) is 2. The van der Waals surface area contributed by atoms with Crippen LogP contribution in [0.15, 0.2) is 42.5 Å². The van der Waals surface area contributed by atoms with Crippen LogP contribution in [0, 0.1) is 0 Å². The first kappa shape index (κ1) is 18.3. The van der Waals surface area contributed by atoms with E-state index in [1.54, 1.807) is 0 Å². The molecular formula is C22H28O2. The topological polar surface area (TPSA) is 26.3 Å². The Balaban J connectivity index is 2.29. The molecule has 0 fully saturated rings. The Kier molecular flexibility index (Phi) is 5.17. The number of ether oxygens (including phenoxy) is 1. The molecule has 0 aliphatic carbocycles. The van der Waals surface area contributed by atoms with Crippen LogP contribution in [0.5, 0.6) is 5.75 Å². The molecule has 0 unspecified atom stereocenters. The van der Waals surface area contributed by atoms with Crippen molar-refractivity contribution in [3.05, 3.63) is 64.7 Å². The molecule has 0 spiro atoms.